The van der Waals surface area contributed by atoms with E-state index in [0.29, 0.717) is 22.9 Å². The van der Waals surface area contributed by atoms with Crippen molar-refractivity contribution in [2.45, 2.75) is 0 Å². The first kappa shape index (κ1) is 19.7. The molecule has 0 saturated carbocycles. The Kier molecular flexibility index (Phi) is 6.15. The Morgan fingerprint density at radius 3 is 2.11 bits per heavy atom. The number of carbonyl (C=O) groups excluding carboxylic acids is 1. The van der Waals surface area contributed by atoms with Crippen LogP contribution < -0.4 is 24.4 Å². The molecule has 1 saturated heterocycles. The predicted molar refractivity (Wildman–Crippen MR) is 106 cm³/mol. The molecule has 0 unspecified atom stereocenters. The summed E-state index contributed by atoms with van der Waals surface area (Å²) in [5, 5.41) is 2.79. The lowest BCUT2D eigenvalue weighted by molar-refractivity contribution is 0.102. The summed E-state index contributed by atoms with van der Waals surface area (Å²) in [4.78, 5) is 25.6. The lowest BCUT2D eigenvalue weighted by Gasteiger charge is -2.32. The highest BCUT2D eigenvalue weighted by atomic mass is 16.5. The van der Waals surface area contributed by atoms with Crippen LogP contribution in [-0.2, 0) is 0 Å². The minimum atomic E-state index is -0.369. The number of ether oxygens (including phenoxy) is 3. The summed E-state index contributed by atoms with van der Waals surface area (Å²) in [6, 6.07) is 3.32. The van der Waals surface area contributed by atoms with Crippen molar-refractivity contribution >= 4 is 17.4 Å². The van der Waals surface area contributed by atoms with Crippen LogP contribution in [-0.4, -0.2) is 75.3 Å². The number of likely N-dealkylation sites (N-methyl/N-ethyl adjacent to an activating group) is 1. The third-order valence-corrected chi connectivity index (χ3v) is 4.62. The van der Waals surface area contributed by atoms with Crippen molar-refractivity contribution in [3.8, 4) is 17.2 Å². The zero-order valence-electron chi connectivity index (χ0n) is 16.6. The molecule has 1 aromatic carbocycles. The summed E-state index contributed by atoms with van der Waals surface area (Å²) in [5.41, 5.74) is 0.732. The van der Waals surface area contributed by atoms with E-state index in [-0.39, 0.29) is 11.6 Å². The number of nitrogens with one attached hydrogen (secondary N) is 1. The van der Waals surface area contributed by atoms with Gasteiger partial charge in [0.05, 0.1) is 33.7 Å². The molecule has 1 aromatic heterocycles. The van der Waals surface area contributed by atoms with Gasteiger partial charge in [-0.25, -0.2) is 9.97 Å². The zero-order chi connectivity index (χ0) is 20.1. The standard InChI is InChI=1S/C19H25N5O4/c1-23-5-7-24(8-6-23)17-12-20-14(11-21-17)19(25)22-13-9-15(26-2)18(28-4)16(10-13)27-3/h9-12H,5-8H2,1-4H3,(H,22,25). The summed E-state index contributed by atoms with van der Waals surface area (Å²) < 4.78 is 15.9. The molecule has 0 spiro atoms. The number of aromatic nitrogens is 2. The average molecular weight is 387 g/mol. The highest BCUT2D eigenvalue weighted by Gasteiger charge is 2.18. The summed E-state index contributed by atoms with van der Waals surface area (Å²) in [6.45, 7) is 3.74. The highest BCUT2D eigenvalue weighted by Crippen LogP contribution is 2.39. The number of benzene rings is 1. The van der Waals surface area contributed by atoms with E-state index in [1.54, 1.807) is 18.3 Å². The molecule has 0 aliphatic carbocycles. The van der Waals surface area contributed by atoms with Gasteiger partial charge in [-0.05, 0) is 7.05 Å². The van der Waals surface area contributed by atoms with Crippen LogP contribution >= 0.6 is 0 Å². The van der Waals surface area contributed by atoms with Crippen LogP contribution in [0.1, 0.15) is 10.5 Å². The molecule has 2 heterocycles. The number of hydrogen-bond acceptors (Lipinski definition) is 8. The molecular formula is C19H25N5O4. The van der Waals surface area contributed by atoms with Crippen LogP contribution in [0.5, 0.6) is 17.2 Å². The van der Waals surface area contributed by atoms with Crippen LogP contribution in [0, 0.1) is 0 Å². The van der Waals surface area contributed by atoms with Gasteiger partial charge in [0.25, 0.3) is 5.91 Å². The molecule has 1 aliphatic heterocycles. The first-order valence-corrected chi connectivity index (χ1v) is 8.92. The van der Waals surface area contributed by atoms with E-state index in [4.69, 9.17) is 14.2 Å². The van der Waals surface area contributed by atoms with Crippen molar-refractivity contribution < 1.29 is 19.0 Å². The van der Waals surface area contributed by atoms with Gasteiger partial charge in [-0.2, -0.15) is 0 Å². The minimum Gasteiger partial charge on any atom is -0.493 e. The predicted octanol–water partition coefficient (Wildman–Crippen LogP) is 1.51. The van der Waals surface area contributed by atoms with Gasteiger partial charge in [0.1, 0.15) is 11.5 Å². The fraction of sp³-hybridized carbons (Fsp3) is 0.421. The van der Waals surface area contributed by atoms with E-state index in [1.807, 2.05) is 0 Å². The maximum absolute atomic E-state index is 12.6. The molecule has 9 nitrogen and oxygen atoms in total. The molecule has 9 heteroatoms. The maximum atomic E-state index is 12.6. The van der Waals surface area contributed by atoms with Gasteiger partial charge < -0.3 is 29.3 Å². The quantitative estimate of drug-likeness (QED) is 0.798. The molecular weight excluding hydrogens is 362 g/mol. The molecule has 0 bridgehead atoms. The third kappa shape index (κ3) is 4.25. The molecule has 1 amide bonds. The molecule has 2 aromatic rings. The van der Waals surface area contributed by atoms with Crippen LogP contribution in [0.15, 0.2) is 24.5 Å². The molecule has 28 heavy (non-hydrogen) atoms. The molecule has 1 fully saturated rings. The van der Waals surface area contributed by atoms with Crippen molar-refractivity contribution in [2.24, 2.45) is 0 Å². The number of carbonyl (C=O) groups is 1. The fourth-order valence-corrected chi connectivity index (χ4v) is 2.99. The monoisotopic (exact) mass is 387 g/mol. The molecule has 0 atom stereocenters. The molecule has 0 radical (unpaired) electrons. The van der Waals surface area contributed by atoms with Crippen molar-refractivity contribution in [3.05, 3.63) is 30.2 Å². The lowest BCUT2D eigenvalue weighted by Crippen LogP contribution is -2.44. The lowest BCUT2D eigenvalue weighted by atomic mass is 10.2. The summed E-state index contributed by atoms with van der Waals surface area (Å²) in [6.07, 6.45) is 3.12. The Labute approximate surface area is 164 Å². The Balaban J connectivity index is 1.72. The number of nitrogens with zero attached hydrogens (tertiary/aromatic N) is 4. The van der Waals surface area contributed by atoms with Crippen LogP contribution in [0.4, 0.5) is 11.5 Å². The Bertz CT molecular complexity index is 795. The van der Waals surface area contributed by atoms with Gasteiger partial charge in [-0.15, -0.1) is 0 Å². The summed E-state index contributed by atoms with van der Waals surface area (Å²) >= 11 is 0. The van der Waals surface area contributed by atoms with Gasteiger partial charge in [-0.1, -0.05) is 0 Å². The molecule has 3 rings (SSSR count). The second-order valence-electron chi connectivity index (χ2n) is 6.42. The topological polar surface area (TPSA) is 89.1 Å². The summed E-state index contributed by atoms with van der Waals surface area (Å²) in [7, 11) is 6.66. The molecule has 1 aliphatic rings. The third-order valence-electron chi connectivity index (χ3n) is 4.62. The largest absolute Gasteiger partial charge is 0.493 e. The van der Waals surface area contributed by atoms with Gasteiger partial charge in [-0.3, -0.25) is 4.79 Å². The normalized spacial score (nSPS) is 14.5. The highest BCUT2D eigenvalue weighted by molar-refractivity contribution is 6.03. The second kappa shape index (κ2) is 8.75. The van der Waals surface area contributed by atoms with Crippen molar-refractivity contribution in [3.63, 3.8) is 0 Å². The van der Waals surface area contributed by atoms with E-state index >= 15 is 0 Å². The summed E-state index contributed by atoms with van der Waals surface area (Å²) in [5.74, 6) is 1.77. The number of hydrogen-bond donors (Lipinski definition) is 1. The maximum Gasteiger partial charge on any atom is 0.275 e. The Hall–Kier alpha value is -3.07. The second-order valence-corrected chi connectivity index (χ2v) is 6.42. The number of anilines is 2. The van der Waals surface area contributed by atoms with E-state index in [0.717, 1.165) is 32.0 Å². The molecule has 150 valence electrons. The first-order valence-electron chi connectivity index (χ1n) is 8.92. The number of rotatable bonds is 6. The van der Waals surface area contributed by atoms with E-state index in [2.05, 4.69) is 32.1 Å². The van der Waals surface area contributed by atoms with Crippen molar-refractivity contribution in [1.29, 1.82) is 0 Å². The van der Waals surface area contributed by atoms with Crippen molar-refractivity contribution in [2.75, 3.05) is 64.8 Å². The smallest absolute Gasteiger partial charge is 0.275 e. The van der Waals surface area contributed by atoms with Crippen molar-refractivity contribution in [1.82, 2.24) is 14.9 Å². The average Bonchev–Trinajstić information content (AvgIpc) is 2.73. The first-order chi connectivity index (χ1) is 13.5. The number of amides is 1. The Morgan fingerprint density at radius 1 is 0.964 bits per heavy atom. The van der Waals surface area contributed by atoms with Crippen LogP contribution in [0.2, 0.25) is 0 Å². The van der Waals surface area contributed by atoms with Gasteiger partial charge >= 0.3 is 0 Å². The fourth-order valence-electron chi connectivity index (χ4n) is 2.99. The van der Waals surface area contributed by atoms with E-state index in [9.17, 15) is 4.79 Å². The van der Waals surface area contributed by atoms with E-state index < -0.39 is 0 Å². The van der Waals surface area contributed by atoms with Gasteiger partial charge in [0.2, 0.25) is 5.75 Å². The number of piperazine rings is 1. The Morgan fingerprint density at radius 2 is 1.61 bits per heavy atom. The van der Waals surface area contributed by atoms with Crippen LogP contribution in [0.3, 0.4) is 0 Å². The van der Waals surface area contributed by atoms with Gasteiger partial charge in [0.15, 0.2) is 11.5 Å². The number of methoxy groups -OCH3 is 3. The van der Waals surface area contributed by atoms with Gasteiger partial charge in [0, 0.05) is 44.0 Å². The molecule has 1 N–H and O–H groups in total. The minimum absolute atomic E-state index is 0.228. The SMILES string of the molecule is COc1cc(NC(=O)c2cnc(N3CCN(C)CC3)cn2)cc(OC)c1OC. The van der Waals surface area contributed by atoms with E-state index in [1.165, 1.54) is 27.5 Å². The zero-order valence-corrected chi connectivity index (χ0v) is 16.6. The van der Waals surface area contributed by atoms with Crippen LogP contribution in [0.25, 0.3) is 0 Å².